The first-order valence-corrected chi connectivity index (χ1v) is 10.6. The van der Waals surface area contributed by atoms with Crippen molar-refractivity contribution in [1.29, 1.82) is 0 Å². The predicted molar refractivity (Wildman–Crippen MR) is 98.4 cm³/mol. The maximum absolute atomic E-state index is 12.8. The van der Waals surface area contributed by atoms with Gasteiger partial charge < -0.3 is 5.32 Å². The fourth-order valence-electron chi connectivity index (χ4n) is 2.17. The van der Waals surface area contributed by atoms with Crippen molar-refractivity contribution in [3.8, 4) is 0 Å². The third kappa shape index (κ3) is 5.86. The van der Waals surface area contributed by atoms with Crippen LogP contribution in [-0.4, -0.2) is 32.9 Å². The lowest BCUT2D eigenvalue weighted by atomic mass is 10.1. The first kappa shape index (κ1) is 19.5. The lowest BCUT2D eigenvalue weighted by molar-refractivity contribution is 0.0953. The molecule has 1 amide bonds. The molecule has 134 valence electrons. The SMILES string of the molecule is Cc1ccc(S(C)(=O)=O)cc1C(=O)NCCCSc1ccc(F)cc1. The summed E-state index contributed by atoms with van der Waals surface area (Å²) in [5.74, 6) is 0.243. The van der Waals surface area contributed by atoms with Crippen LogP contribution in [-0.2, 0) is 9.84 Å². The van der Waals surface area contributed by atoms with Gasteiger partial charge in [0.1, 0.15) is 5.82 Å². The van der Waals surface area contributed by atoms with Crippen molar-refractivity contribution in [3.63, 3.8) is 0 Å². The number of sulfone groups is 1. The van der Waals surface area contributed by atoms with Gasteiger partial charge >= 0.3 is 0 Å². The van der Waals surface area contributed by atoms with Crippen molar-refractivity contribution in [2.24, 2.45) is 0 Å². The number of carbonyl (C=O) groups is 1. The number of hydrogen-bond donors (Lipinski definition) is 1. The van der Waals surface area contributed by atoms with Gasteiger partial charge in [0.25, 0.3) is 5.91 Å². The summed E-state index contributed by atoms with van der Waals surface area (Å²) in [5.41, 5.74) is 1.10. The molecule has 2 aromatic carbocycles. The summed E-state index contributed by atoms with van der Waals surface area (Å²) in [7, 11) is -3.35. The van der Waals surface area contributed by atoms with Crippen LogP contribution in [0.15, 0.2) is 52.3 Å². The quantitative estimate of drug-likeness (QED) is 0.589. The number of thioether (sulfide) groups is 1. The van der Waals surface area contributed by atoms with Crippen LogP contribution in [0.4, 0.5) is 4.39 Å². The third-order valence-electron chi connectivity index (χ3n) is 3.57. The van der Waals surface area contributed by atoms with E-state index in [1.807, 2.05) is 0 Å². The second kappa shape index (κ2) is 8.49. The van der Waals surface area contributed by atoms with Gasteiger partial charge in [-0.3, -0.25) is 4.79 Å². The average Bonchev–Trinajstić information content (AvgIpc) is 2.55. The minimum atomic E-state index is -3.35. The van der Waals surface area contributed by atoms with Crippen molar-refractivity contribution in [1.82, 2.24) is 5.32 Å². The van der Waals surface area contributed by atoms with E-state index in [1.165, 1.54) is 24.3 Å². The zero-order chi connectivity index (χ0) is 18.4. The van der Waals surface area contributed by atoms with Crippen LogP contribution in [0.2, 0.25) is 0 Å². The predicted octanol–water partition coefficient (Wildman–Crippen LogP) is 3.45. The lowest BCUT2D eigenvalue weighted by Gasteiger charge is -2.09. The molecule has 0 radical (unpaired) electrons. The molecule has 0 atom stereocenters. The molecule has 2 aromatic rings. The van der Waals surface area contributed by atoms with Gasteiger partial charge in [-0.2, -0.15) is 0 Å². The number of amides is 1. The molecule has 4 nitrogen and oxygen atoms in total. The Hall–Kier alpha value is -1.86. The highest BCUT2D eigenvalue weighted by Crippen LogP contribution is 2.19. The Balaban J connectivity index is 1.85. The number of benzene rings is 2. The Bertz CT molecular complexity index is 849. The Morgan fingerprint density at radius 2 is 1.84 bits per heavy atom. The number of carbonyl (C=O) groups excluding carboxylic acids is 1. The molecule has 1 N–H and O–H groups in total. The standard InChI is InChI=1S/C18H20FNO3S2/c1-13-4-9-16(25(2,22)23)12-17(13)18(21)20-10-3-11-24-15-7-5-14(19)6-8-15/h4-9,12H,3,10-11H2,1-2H3,(H,20,21). The molecule has 0 aromatic heterocycles. The first-order chi connectivity index (χ1) is 11.8. The molecule has 25 heavy (non-hydrogen) atoms. The molecule has 7 heteroatoms. The maximum Gasteiger partial charge on any atom is 0.251 e. The first-order valence-electron chi connectivity index (χ1n) is 7.74. The molecule has 2 rings (SSSR count). The molecule has 0 unspecified atom stereocenters. The lowest BCUT2D eigenvalue weighted by Crippen LogP contribution is -2.25. The summed E-state index contributed by atoms with van der Waals surface area (Å²) >= 11 is 1.59. The summed E-state index contributed by atoms with van der Waals surface area (Å²) in [6, 6.07) is 10.8. The van der Waals surface area contributed by atoms with E-state index < -0.39 is 9.84 Å². The molecule has 0 aliphatic heterocycles. The second-order valence-electron chi connectivity index (χ2n) is 5.66. The summed E-state index contributed by atoms with van der Waals surface area (Å²) < 4.78 is 36.1. The van der Waals surface area contributed by atoms with Crippen LogP contribution in [0, 0.1) is 12.7 Å². The highest BCUT2D eigenvalue weighted by Gasteiger charge is 2.14. The summed E-state index contributed by atoms with van der Waals surface area (Å²) in [6.45, 7) is 2.25. The molecule has 0 saturated heterocycles. The number of nitrogens with one attached hydrogen (secondary N) is 1. The highest BCUT2D eigenvalue weighted by molar-refractivity contribution is 7.99. The van der Waals surface area contributed by atoms with Crippen molar-refractivity contribution in [2.45, 2.75) is 23.1 Å². The minimum Gasteiger partial charge on any atom is -0.352 e. The fraction of sp³-hybridized carbons (Fsp3) is 0.278. The summed E-state index contributed by atoms with van der Waals surface area (Å²) in [6.07, 6.45) is 1.87. The minimum absolute atomic E-state index is 0.134. The van der Waals surface area contributed by atoms with E-state index in [4.69, 9.17) is 0 Å². The van der Waals surface area contributed by atoms with Gasteiger partial charge in [-0.1, -0.05) is 6.07 Å². The van der Waals surface area contributed by atoms with Crippen molar-refractivity contribution >= 4 is 27.5 Å². The Morgan fingerprint density at radius 3 is 2.48 bits per heavy atom. The van der Waals surface area contributed by atoms with Crippen molar-refractivity contribution in [2.75, 3.05) is 18.6 Å². The van der Waals surface area contributed by atoms with Crippen LogP contribution >= 0.6 is 11.8 Å². The van der Waals surface area contributed by atoms with Gasteiger partial charge in [0.2, 0.25) is 0 Å². The largest absolute Gasteiger partial charge is 0.352 e. The van der Waals surface area contributed by atoms with Crippen LogP contribution in [0.5, 0.6) is 0 Å². The van der Waals surface area contributed by atoms with Crippen LogP contribution in [0.25, 0.3) is 0 Å². The zero-order valence-electron chi connectivity index (χ0n) is 14.1. The van der Waals surface area contributed by atoms with Crippen LogP contribution < -0.4 is 5.32 Å². The van der Waals surface area contributed by atoms with E-state index in [1.54, 1.807) is 36.9 Å². The maximum atomic E-state index is 12.8. The average molecular weight is 381 g/mol. The molecule has 0 fully saturated rings. The van der Waals surface area contributed by atoms with E-state index in [0.29, 0.717) is 12.1 Å². The fourth-order valence-corrected chi connectivity index (χ4v) is 3.67. The van der Waals surface area contributed by atoms with E-state index in [0.717, 1.165) is 28.9 Å². The Morgan fingerprint density at radius 1 is 1.16 bits per heavy atom. The number of rotatable bonds is 7. The molecule has 0 aliphatic carbocycles. The Kier molecular flexibility index (Phi) is 6.61. The number of hydrogen-bond acceptors (Lipinski definition) is 4. The van der Waals surface area contributed by atoms with E-state index >= 15 is 0 Å². The molecular formula is C18H20FNO3S2. The monoisotopic (exact) mass is 381 g/mol. The van der Waals surface area contributed by atoms with E-state index in [-0.39, 0.29) is 16.6 Å². The molecule has 0 spiro atoms. The normalized spacial score (nSPS) is 11.3. The third-order valence-corrected chi connectivity index (χ3v) is 5.78. The van der Waals surface area contributed by atoms with E-state index in [9.17, 15) is 17.6 Å². The van der Waals surface area contributed by atoms with Crippen LogP contribution in [0.3, 0.4) is 0 Å². The van der Waals surface area contributed by atoms with E-state index in [2.05, 4.69) is 5.32 Å². The van der Waals surface area contributed by atoms with Crippen LogP contribution in [0.1, 0.15) is 22.3 Å². The molecule has 0 heterocycles. The molecule has 0 bridgehead atoms. The number of aryl methyl sites for hydroxylation is 1. The molecule has 0 saturated carbocycles. The Labute approximate surface area is 151 Å². The number of halogens is 1. The van der Waals surface area contributed by atoms with Gasteiger partial charge in [-0.05, 0) is 61.1 Å². The topological polar surface area (TPSA) is 63.2 Å². The van der Waals surface area contributed by atoms with Crippen molar-refractivity contribution in [3.05, 3.63) is 59.4 Å². The van der Waals surface area contributed by atoms with Gasteiger partial charge in [0, 0.05) is 23.3 Å². The van der Waals surface area contributed by atoms with Gasteiger partial charge in [0.15, 0.2) is 9.84 Å². The van der Waals surface area contributed by atoms with Gasteiger partial charge in [-0.15, -0.1) is 11.8 Å². The highest BCUT2D eigenvalue weighted by atomic mass is 32.2. The van der Waals surface area contributed by atoms with Gasteiger partial charge in [-0.25, -0.2) is 12.8 Å². The molecule has 0 aliphatic rings. The molecular weight excluding hydrogens is 361 g/mol. The summed E-state index contributed by atoms with van der Waals surface area (Å²) in [5, 5.41) is 2.81. The summed E-state index contributed by atoms with van der Waals surface area (Å²) in [4.78, 5) is 13.4. The van der Waals surface area contributed by atoms with Gasteiger partial charge in [0.05, 0.1) is 4.90 Å². The van der Waals surface area contributed by atoms with Crippen molar-refractivity contribution < 1.29 is 17.6 Å². The second-order valence-corrected chi connectivity index (χ2v) is 8.84. The zero-order valence-corrected chi connectivity index (χ0v) is 15.7. The smallest absolute Gasteiger partial charge is 0.251 e.